The third-order valence-electron chi connectivity index (χ3n) is 2.82. The molecule has 0 heterocycles. The van der Waals surface area contributed by atoms with Gasteiger partial charge in [-0.05, 0) is 32.3 Å². The van der Waals surface area contributed by atoms with Crippen molar-refractivity contribution in [2.24, 2.45) is 5.73 Å². The van der Waals surface area contributed by atoms with Gasteiger partial charge in [-0.3, -0.25) is 0 Å². The van der Waals surface area contributed by atoms with E-state index in [0.29, 0.717) is 5.75 Å². The molecule has 0 spiro atoms. The van der Waals surface area contributed by atoms with Gasteiger partial charge in [0.25, 0.3) is 0 Å². The Labute approximate surface area is 89.2 Å². The van der Waals surface area contributed by atoms with Crippen molar-refractivity contribution in [1.29, 1.82) is 0 Å². The van der Waals surface area contributed by atoms with Crippen molar-refractivity contribution in [3.63, 3.8) is 0 Å². The van der Waals surface area contributed by atoms with Crippen LogP contribution >= 0.6 is 0 Å². The molecule has 1 atom stereocenters. The third-order valence-corrected chi connectivity index (χ3v) is 2.82. The number of halogens is 1. The van der Waals surface area contributed by atoms with Crippen LogP contribution in [-0.2, 0) is 0 Å². The van der Waals surface area contributed by atoms with Gasteiger partial charge in [0.05, 0.1) is 6.10 Å². The normalized spacial score (nSPS) is 18.3. The summed E-state index contributed by atoms with van der Waals surface area (Å²) in [7, 11) is 0. The molecule has 82 valence electrons. The number of rotatable bonds is 3. The van der Waals surface area contributed by atoms with Gasteiger partial charge in [-0.15, -0.1) is 0 Å². The van der Waals surface area contributed by atoms with Crippen molar-refractivity contribution in [3.8, 4) is 5.75 Å². The second-order valence-corrected chi connectivity index (χ2v) is 4.12. The third kappa shape index (κ3) is 2.12. The molecule has 2 N–H and O–H groups in total. The predicted molar refractivity (Wildman–Crippen MR) is 57.3 cm³/mol. The fourth-order valence-corrected chi connectivity index (χ4v) is 1.66. The molecule has 2 rings (SSSR count). The molecular weight excluding hydrogens is 193 g/mol. The van der Waals surface area contributed by atoms with Crippen molar-refractivity contribution in [2.75, 3.05) is 0 Å². The van der Waals surface area contributed by atoms with Gasteiger partial charge in [0, 0.05) is 11.6 Å². The number of para-hydroxylation sites is 1. The van der Waals surface area contributed by atoms with E-state index in [9.17, 15) is 4.39 Å². The van der Waals surface area contributed by atoms with Crippen LogP contribution in [0.2, 0.25) is 0 Å². The predicted octanol–water partition coefficient (Wildman–Crippen LogP) is 2.78. The lowest BCUT2D eigenvalue weighted by Gasteiger charge is -2.28. The van der Waals surface area contributed by atoms with Gasteiger partial charge in [0.15, 0.2) is 11.6 Å². The first-order valence-electron chi connectivity index (χ1n) is 5.39. The van der Waals surface area contributed by atoms with Gasteiger partial charge in [0.1, 0.15) is 0 Å². The van der Waals surface area contributed by atoms with Crippen molar-refractivity contribution in [3.05, 3.63) is 29.6 Å². The Bertz CT molecular complexity index is 347. The monoisotopic (exact) mass is 209 g/mol. The highest BCUT2D eigenvalue weighted by atomic mass is 19.1. The van der Waals surface area contributed by atoms with Crippen LogP contribution in [0, 0.1) is 5.82 Å². The lowest BCUT2D eigenvalue weighted by molar-refractivity contribution is 0.113. The minimum Gasteiger partial charge on any atom is -0.487 e. The molecule has 1 fully saturated rings. The second-order valence-electron chi connectivity index (χ2n) is 4.12. The van der Waals surface area contributed by atoms with Gasteiger partial charge in [-0.25, -0.2) is 4.39 Å². The average Bonchev–Trinajstić information content (AvgIpc) is 2.12. The van der Waals surface area contributed by atoms with E-state index in [4.69, 9.17) is 10.5 Å². The largest absolute Gasteiger partial charge is 0.487 e. The van der Waals surface area contributed by atoms with Gasteiger partial charge in [-0.1, -0.05) is 12.1 Å². The number of hydrogen-bond donors (Lipinski definition) is 1. The van der Waals surface area contributed by atoms with Crippen LogP contribution in [0.25, 0.3) is 0 Å². The van der Waals surface area contributed by atoms with E-state index in [1.54, 1.807) is 6.07 Å². The molecule has 0 unspecified atom stereocenters. The minimum atomic E-state index is -0.309. The molecule has 1 aromatic rings. The summed E-state index contributed by atoms with van der Waals surface area (Å²) in [5.41, 5.74) is 6.52. The van der Waals surface area contributed by atoms with Crippen LogP contribution in [0.4, 0.5) is 4.39 Å². The summed E-state index contributed by atoms with van der Waals surface area (Å²) in [5.74, 6) is 0.0360. The molecule has 0 aliphatic heterocycles. The molecule has 1 aliphatic carbocycles. The van der Waals surface area contributed by atoms with Crippen LogP contribution in [0.5, 0.6) is 5.75 Å². The van der Waals surface area contributed by atoms with Crippen molar-refractivity contribution in [1.82, 2.24) is 0 Å². The van der Waals surface area contributed by atoms with Crippen LogP contribution in [0.15, 0.2) is 18.2 Å². The van der Waals surface area contributed by atoms with E-state index in [0.717, 1.165) is 18.4 Å². The van der Waals surface area contributed by atoms with Gasteiger partial charge < -0.3 is 10.5 Å². The Balaban J connectivity index is 2.25. The van der Waals surface area contributed by atoms with E-state index in [-0.39, 0.29) is 18.0 Å². The zero-order valence-electron chi connectivity index (χ0n) is 8.87. The topological polar surface area (TPSA) is 35.2 Å². The van der Waals surface area contributed by atoms with Crippen molar-refractivity contribution >= 4 is 0 Å². The first-order chi connectivity index (χ1) is 7.18. The maximum atomic E-state index is 13.6. The molecule has 15 heavy (non-hydrogen) atoms. The standard InChI is InChI=1S/C12H16FNO/c1-8(14)10-6-3-7-11(13)12(10)15-9-4-2-5-9/h3,6-9H,2,4-5,14H2,1H3/t8-/m0/s1. The SMILES string of the molecule is C[C@H](N)c1cccc(F)c1OC1CCC1. The van der Waals surface area contributed by atoms with E-state index in [1.165, 1.54) is 12.5 Å². The van der Waals surface area contributed by atoms with E-state index in [1.807, 2.05) is 13.0 Å². The second kappa shape index (κ2) is 4.19. The molecule has 1 saturated carbocycles. The zero-order valence-corrected chi connectivity index (χ0v) is 8.87. The highest BCUT2D eigenvalue weighted by molar-refractivity contribution is 5.37. The number of ether oxygens (including phenoxy) is 1. The molecule has 0 saturated heterocycles. The molecule has 3 heteroatoms. The average molecular weight is 209 g/mol. The Hall–Kier alpha value is -1.09. The fourth-order valence-electron chi connectivity index (χ4n) is 1.66. The quantitative estimate of drug-likeness (QED) is 0.830. The molecule has 0 radical (unpaired) electrons. The molecule has 0 aromatic heterocycles. The van der Waals surface area contributed by atoms with Crippen LogP contribution in [0.1, 0.15) is 37.8 Å². The lowest BCUT2D eigenvalue weighted by atomic mass is 9.96. The molecule has 1 aliphatic rings. The summed E-state index contributed by atoms with van der Waals surface area (Å²) in [6.07, 6.45) is 3.39. The van der Waals surface area contributed by atoms with Crippen molar-refractivity contribution in [2.45, 2.75) is 38.3 Å². The van der Waals surface area contributed by atoms with Gasteiger partial charge in [0.2, 0.25) is 0 Å². The van der Waals surface area contributed by atoms with Crippen molar-refractivity contribution < 1.29 is 9.13 Å². The summed E-state index contributed by atoms with van der Waals surface area (Å²) in [6.45, 7) is 1.84. The summed E-state index contributed by atoms with van der Waals surface area (Å²) >= 11 is 0. The molecule has 0 amide bonds. The summed E-state index contributed by atoms with van der Waals surface area (Å²) in [6, 6.07) is 4.71. The van der Waals surface area contributed by atoms with E-state index < -0.39 is 0 Å². The van der Waals surface area contributed by atoms with E-state index in [2.05, 4.69) is 0 Å². The summed E-state index contributed by atoms with van der Waals surface area (Å²) < 4.78 is 19.2. The van der Waals surface area contributed by atoms with Gasteiger partial charge in [-0.2, -0.15) is 0 Å². The Morgan fingerprint density at radius 1 is 1.47 bits per heavy atom. The molecule has 1 aromatic carbocycles. The summed E-state index contributed by atoms with van der Waals surface area (Å²) in [5, 5.41) is 0. The first-order valence-corrected chi connectivity index (χ1v) is 5.39. The maximum absolute atomic E-state index is 13.6. The first kappa shape index (κ1) is 10.4. The highest BCUT2D eigenvalue weighted by Crippen LogP contribution is 2.32. The minimum absolute atomic E-state index is 0.180. The highest BCUT2D eigenvalue weighted by Gasteiger charge is 2.22. The lowest BCUT2D eigenvalue weighted by Crippen LogP contribution is -2.26. The fraction of sp³-hybridized carbons (Fsp3) is 0.500. The Morgan fingerprint density at radius 2 is 2.20 bits per heavy atom. The maximum Gasteiger partial charge on any atom is 0.165 e. The molecular formula is C12H16FNO. The number of nitrogens with two attached hydrogens (primary N) is 1. The Kier molecular flexibility index (Phi) is 2.91. The van der Waals surface area contributed by atoms with Crippen LogP contribution in [0.3, 0.4) is 0 Å². The Morgan fingerprint density at radius 3 is 2.73 bits per heavy atom. The van der Waals surface area contributed by atoms with E-state index >= 15 is 0 Å². The van der Waals surface area contributed by atoms with Gasteiger partial charge >= 0.3 is 0 Å². The van der Waals surface area contributed by atoms with Crippen LogP contribution in [-0.4, -0.2) is 6.10 Å². The number of hydrogen-bond acceptors (Lipinski definition) is 2. The molecule has 0 bridgehead atoms. The zero-order chi connectivity index (χ0) is 10.8. The smallest absolute Gasteiger partial charge is 0.165 e. The number of benzene rings is 1. The molecule has 2 nitrogen and oxygen atoms in total. The summed E-state index contributed by atoms with van der Waals surface area (Å²) in [4.78, 5) is 0. The van der Waals surface area contributed by atoms with Crippen LogP contribution < -0.4 is 10.5 Å².